The van der Waals surface area contributed by atoms with Crippen molar-refractivity contribution in [1.82, 2.24) is 9.55 Å². The molecule has 0 saturated carbocycles. The van der Waals surface area contributed by atoms with Crippen molar-refractivity contribution in [2.24, 2.45) is 0 Å². The molecular formula is C21H20FN3O4. The SMILES string of the molecule is CCn1c(=O)c(C)nc2cc(C(=O)O[C@H](C)C(=O)Nc3cccc(F)c3)ccc21. The Bertz CT molecular complexity index is 1160. The minimum Gasteiger partial charge on any atom is -0.449 e. The predicted octanol–water partition coefficient (Wildman–Crippen LogP) is 3.05. The molecular weight excluding hydrogens is 377 g/mol. The lowest BCUT2D eigenvalue weighted by Crippen LogP contribution is -2.30. The highest BCUT2D eigenvalue weighted by Crippen LogP contribution is 2.16. The van der Waals surface area contributed by atoms with Gasteiger partial charge in [0, 0.05) is 12.2 Å². The van der Waals surface area contributed by atoms with Gasteiger partial charge >= 0.3 is 5.97 Å². The second-order valence-electron chi connectivity index (χ2n) is 6.50. The number of nitrogens with zero attached hydrogens (tertiary/aromatic N) is 2. The van der Waals surface area contributed by atoms with Crippen molar-refractivity contribution in [2.75, 3.05) is 5.32 Å². The molecule has 0 unspecified atom stereocenters. The molecule has 1 aromatic heterocycles. The Labute approximate surface area is 166 Å². The van der Waals surface area contributed by atoms with E-state index in [9.17, 15) is 18.8 Å². The molecule has 0 saturated heterocycles. The number of anilines is 1. The van der Waals surface area contributed by atoms with E-state index in [0.29, 0.717) is 23.3 Å². The lowest BCUT2D eigenvalue weighted by Gasteiger charge is -2.14. The quantitative estimate of drug-likeness (QED) is 0.669. The third-order valence-corrected chi connectivity index (χ3v) is 4.41. The molecule has 29 heavy (non-hydrogen) atoms. The number of amides is 1. The minimum absolute atomic E-state index is 0.182. The molecule has 0 aliphatic heterocycles. The Morgan fingerprint density at radius 2 is 2.00 bits per heavy atom. The molecule has 1 heterocycles. The standard InChI is InChI=1S/C21H20FN3O4/c1-4-25-18-9-8-14(10-17(18)23-12(2)20(25)27)21(28)29-13(3)19(26)24-16-7-5-6-15(22)11-16/h5-11,13H,4H2,1-3H3,(H,24,26)/t13-/m1/s1. The summed E-state index contributed by atoms with van der Waals surface area (Å²) in [6, 6.07) is 10.1. The minimum atomic E-state index is -1.10. The molecule has 1 amide bonds. The maximum atomic E-state index is 13.2. The van der Waals surface area contributed by atoms with Gasteiger partial charge in [-0.3, -0.25) is 9.59 Å². The average molecular weight is 397 g/mol. The van der Waals surface area contributed by atoms with Crippen molar-refractivity contribution in [2.45, 2.75) is 33.4 Å². The summed E-state index contributed by atoms with van der Waals surface area (Å²) >= 11 is 0. The van der Waals surface area contributed by atoms with Crippen LogP contribution in [-0.4, -0.2) is 27.5 Å². The van der Waals surface area contributed by atoms with Crippen molar-refractivity contribution in [3.63, 3.8) is 0 Å². The van der Waals surface area contributed by atoms with Crippen molar-refractivity contribution < 1.29 is 18.7 Å². The maximum absolute atomic E-state index is 13.2. The van der Waals surface area contributed by atoms with E-state index < -0.39 is 23.8 Å². The van der Waals surface area contributed by atoms with Gasteiger partial charge in [-0.1, -0.05) is 6.07 Å². The number of halogens is 1. The molecule has 2 aromatic carbocycles. The Balaban J connectivity index is 1.77. The van der Waals surface area contributed by atoms with Gasteiger partial charge in [0.2, 0.25) is 0 Å². The van der Waals surface area contributed by atoms with Gasteiger partial charge in [0.15, 0.2) is 6.10 Å². The first-order valence-electron chi connectivity index (χ1n) is 9.08. The summed E-state index contributed by atoms with van der Waals surface area (Å²) < 4.78 is 20.0. The van der Waals surface area contributed by atoms with Gasteiger partial charge in [0.25, 0.3) is 11.5 Å². The van der Waals surface area contributed by atoms with E-state index in [1.54, 1.807) is 17.6 Å². The number of carbonyl (C=O) groups excluding carboxylic acids is 2. The number of nitrogens with one attached hydrogen (secondary N) is 1. The van der Waals surface area contributed by atoms with E-state index in [2.05, 4.69) is 10.3 Å². The number of rotatable bonds is 5. The number of aromatic nitrogens is 2. The average Bonchev–Trinajstić information content (AvgIpc) is 2.68. The number of aryl methyl sites for hydroxylation is 2. The fraction of sp³-hybridized carbons (Fsp3) is 0.238. The van der Waals surface area contributed by atoms with Gasteiger partial charge in [-0.25, -0.2) is 14.2 Å². The molecule has 8 heteroatoms. The fourth-order valence-corrected chi connectivity index (χ4v) is 2.91. The lowest BCUT2D eigenvalue weighted by molar-refractivity contribution is -0.123. The van der Waals surface area contributed by atoms with E-state index in [1.807, 2.05) is 6.92 Å². The number of benzene rings is 2. The summed E-state index contributed by atoms with van der Waals surface area (Å²) in [5, 5.41) is 2.49. The molecule has 0 aliphatic rings. The first kappa shape index (κ1) is 20.2. The third kappa shape index (κ3) is 4.31. The zero-order chi connectivity index (χ0) is 21.1. The second kappa shape index (κ2) is 8.22. The molecule has 150 valence electrons. The van der Waals surface area contributed by atoms with Crippen LogP contribution in [-0.2, 0) is 16.1 Å². The van der Waals surface area contributed by atoms with Crippen LogP contribution < -0.4 is 10.9 Å². The van der Waals surface area contributed by atoms with Gasteiger partial charge in [0.1, 0.15) is 11.5 Å². The summed E-state index contributed by atoms with van der Waals surface area (Å²) in [6.45, 7) is 5.35. The van der Waals surface area contributed by atoms with Crippen LogP contribution in [0.15, 0.2) is 47.3 Å². The molecule has 0 fully saturated rings. The Kier molecular flexibility index (Phi) is 5.72. The largest absolute Gasteiger partial charge is 0.449 e. The van der Waals surface area contributed by atoms with Crippen LogP contribution in [0.3, 0.4) is 0 Å². The van der Waals surface area contributed by atoms with E-state index >= 15 is 0 Å². The van der Waals surface area contributed by atoms with Crippen LogP contribution in [0.4, 0.5) is 10.1 Å². The zero-order valence-electron chi connectivity index (χ0n) is 16.2. The van der Waals surface area contributed by atoms with Crippen molar-refractivity contribution in [3.8, 4) is 0 Å². The summed E-state index contributed by atoms with van der Waals surface area (Å²) in [5.74, 6) is -1.78. The van der Waals surface area contributed by atoms with E-state index in [-0.39, 0.29) is 16.8 Å². The molecule has 0 spiro atoms. The second-order valence-corrected chi connectivity index (χ2v) is 6.50. The third-order valence-electron chi connectivity index (χ3n) is 4.41. The van der Waals surface area contributed by atoms with Crippen molar-refractivity contribution >= 4 is 28.6 Å². The Morgan fingerprint density at radius 1 is 1.24 bits per heavy atom. The molecule has 3 rings (SSSR count). The van der Waals surface area contributed by atoms with Crippen LogP contribution in [0.1, 0.15) is 29.9 Å². The van der Waals surface area contributed by atoms with Crippen LogP contribution in [0.25, 0.3) is 11.0 Å². The van der Waals surface area contributed by atoms with Crippen LogP contribution >= 0.6 is 0 Å². The summed E-state index contributed by atoms with van der Waals surface area (Å²) in [4.78, 5) is 41.1. The first-order valence-corrected chi connectivity index (χ1v) is 9.08. The normalized spacial score (nSPS) is 11.9. The molecule has 3 aromatic rings. The van der Waals surface area contributed by atoms with Crippen LogP contribution in [0, 0.1) is 12.7 Å². The number of ether oxygens (including phenoxy) is 1. The number of hydrogen-bond donors (Lipinski definition) is 1. The van der Waals surface area contributed by atoms with Gasteiger partial charge in [-0.05, 0) is 57.2 Å². The first-order chi connectivity index (χ1) is 13.8. The molecule has 0 aliphatic carbocycles. The molecule has 1 atom stereocenters. The lowest BCUT2D eigenvalue weighted by atomic mass is 10.2. The summed E-state index contributed by atoms with van der Waals surface area (Å²) in [7, 11) is 0. The number of hydrogen-bond acceptors (Lipinski definition) is 5. The smallest absolute Gasteiger partial charge is 0.338 e. The van der Waals surface area contributed by atoms with E-state index in [0.717, 1.165) is 6.07 Å². The van der Waals surface area contributed by atoms with Crippen LogP contribution in [0.5, 0.6) is 0 Å². The zero-order valence-corrected chi connectivity index (χ0v) is 16.2. The number of esters is 1. The van der Waals surface area contributed by atoms with E-state index in [4.69, 9.17) is 4.74 Å². The highest BCUT2D eigenvalue weighted by atomic mass is 19.1. The monoisotopic (exact) mass is 397 g/mol. The van der Waals surface area contributed by atoms with Gasteiger partial charge < -0.3 is 14.6 Å². The highest BCUT2D eigenvalue weighted by molar-refractivity contribution is 5.98. The van der Waals surface area contributed by atoms with Crippen molar-refractivity contribution in [3.05, 3.63) is 69.9 Å². The van der Waals surface area contributed by atoms with Gasteiger partial charge in [0.05, 0.1) is 16.6 Å². The Morgan fingerprint density at radius 3 is 2.69 bits per heavy atom. The van der Waals surface area contributed by atoms with Crippen molar-refractivity contribution in [1.29, 1.82) is 0 Å². The maximum Gasteiger partial charge on any atom is 0.338 e. The summed E-state index contributed by atoms with van der Waals surface area (Å²) in [5.41, 5.74) is 1.70. The number of fused-ring (bicyclic) bond motifs is 1. The molecule has 1 N–H and O–H groups in total. The molecule has 0 bridgehead atoms. The summed E-state index contributed by atoms with van der Waals surface area (Å²) in [6.07, 6.45) is -1.10. The van der Waals surface area contributed by atoms with Gasteiger partial charge in [-0.2, -0.15) is 0 Å². The van der Waals surface area contributed by atoms with E-state index in [1.165, 1.54) is 37.3 Å². The fourth-order valence-electron chi connectivity index (χ4n) is 2.91. The number of carbonyl (C=O) groups is 2. The Hall–Kier alpha value is -3.55. The topological polar surface area (TPSA) is 90.3 Å². The van der Waals surface area contributed by atoms with Crippen LogP contribution in [0.2, 0.25) is 0 Å². The predicted molar refractivity (Wildman–Crippen MR) is 106 cm³/mol. The molecule has 0 radical (unpaired) electrons. The highest BCUT2D eigenvalue weighted by Gasteiger charge is 2.20. The van der Waals surface area contributed by atoms with Gasteiger partial charge in [-0.15, -0.1) is 0 Å². The molecule has 7 nitrogen and oxygen atoms in total.